The fourth-order valence-corrected chi connectivity index (χ4v) is 5.23. The van der Waals surface area contributed by atoms with E-state index in [0.29, 0.717) is 24.7 Å². The minimum Gasteiger partial charge on any atom is -0.490 e. The molecule has 0 radical (unpaired) electrons. The Morgan fingerprint density at radius 3 is 2.42 bits per heavy atom. The highest BCUT2D eigenvalue weighted by Crippen LogP contribution is 2.40. The molecule has 1 aromatic rings. The molecule has 2 rings (SSSR count). The van der Waals surface area contributed by atoms with Gasteiger partial charge < -0.3 is 9.47 Å². The van der Waals surface area contributed by atoms with Crippen LogP contribution in [0.4, 0.5) is 0 Å². The number of alkyl halides is 1. The van der Waals surface area contributed by atoms with Crippen LogP contribution in [0.15, 0.2) is 16.6 Å². The number of rotatable bonds is 3. The summed E-state index contributed by atoms with van der Waals surface area (Å²) in [5.41, 5.74) is 0.842. The lowest BCUT2D eigenvalue weighted by atomic mass is 10.1. The fourth-order valence-electron chi connectivity index (χ4n) is 1.80. The molecule has 7 heteroatoms. The van der Waals surface area contributed by atoms with Gasteiger partial charge in [0.25, 0.3) is 0 Å². The molecule has 0 fully saturated rings. The molecule has 1 aliphatic heterocycles. The minimum atomic E-state index is -3.06. The number of sulfone groups is 1. The van der Waals surface area contributed by atoms with Gasteiger partial charge in [0.1, 0.15) is 9.84 Å². The van der Waals surface area contributed by atoms with Crippen molar-refractivity contribution in [2.45, 2.75) is 11.2 Å². The highest BCUT2D eigenvalue weighted by Gasteiger charge is 2.21. The minimum absolute atomic E-state index is 0.0330. The summed E-state index contributed by atoms with van der Waals surface area (Å²) in [7, 11) is -3.06. The first-order chi connectivity index (χ1) is 8.87. The van der Waals surface area contributed by atoms with Crippen LogP contribution >= 0.6 is 31.9 Å². The van der Waals surface area contributed by atoms with Crippen molar-refractivity contribution in [1.82, 2.24) is 0 Å². The van der Waals surface area contributed by atoms with E-state index in [1.807, 2.05) is 12.1 Å². The number of hydrogen-bond acceptors (Lipinski definition) is 4. The molecule has 0 saturated heterocycles. The summed E-state index contributed by atoms with van der Waals surface area (Å²) in [5, 5.41) is 0. The topological polar surface area (TPSA) is 52.6 Å². The van der Waals surface area contributed by atoms with E-state index < -0.39 is 9.84 Å². The van der Waals surface area contributed by atoms with Gasteiger partial charge in [-0.2, -0.15) is 0 Å². The van der Waals surface area contributed by atoms with Gasteiger partial charge in [0, 0.05) is 17.1 Å². The Hall–Kier alpha value is -0.270. The normalized spacial score (nSPS) is 16.8. The summed E-state index contributed by atoms with van der Waals surface area (Å²) in [6.07, 6.45) is 2.06. The molecule has 0 amide bonds. The van der Waals surface area contributed by atoms with E-state index in [2.05, 4.69) is 31.9 Å². The van der Waals surface area contributed by atoms with Gasteiger partial charge in [-0.25, -0.2) is 8.42 Å². The van der Waals surface area contributed by atoms with Crippen LogP contribution in [0, 0.1) is 0 Å². The van der Waals surface area contributed by atoms with Gasteiger partial charge >= 0.3 is 0 Å². The molecule has 0 saturated carbocycles. The fraction of sp³-hybridized carbons (Fsp3) is 0.500. The van der Waals surface area contributed by atoms with Crippen LogP contribution in [0.5, 0.6) is 11.5 Å². The SMILES string of the molecule is CS(=O)(=O)CC(Br)c1cc2c(cc1Br)OCCCO2. The van der Waals surface area contributed by atoms with E-state index in [0.717, 1.165) is 16.5 Å². The van der Waals surface area contributed by atoms with Crippen molar-refractivity contribution in [3.63, 3.8) is 0 Å². The Morgan fingerprint density at radius 1 is 1.26 bits per heavy atom. The molecule has 1 aliphatic rings. The second-order valence-corrected chi connectivity index (χ2v) is 8.58. The molecule has 1 heterocycles. The Bertz CT molecular complexity index is 571. The summed E-state index contributed by atoms with van der Waals surface area (Å²) < 4.78 is 34.7. The molecule has 0 spiro atoms. The average molecular weight is 414 g/mol. The smallest absolute Gasteiger partial charge is 0.162 e. The Balaban J connectivity index is 2.33. The third kappa shape index (κ3) is 4.10. The van der Waals surface area contributed by atoms with E-state index in [4.69, 9.17) is 9.47 Å². The maximum absolute atomic E-state index is 11.4. The van der Waals surface area contributed by atoms with Gasteiger partial charge in [0.2, 0.25) is 0 Å². The van der Waals surface area contributed by atoms with Crippen LogP contribution < -0.4 is 9.47 Å². The van der Waals surface area contributed by atoms with Crippen LogP contribution in [0.25, 0.3) is 0 Å². The molecule has 1 unspecified atom stereocenters. The molecule has 0 bridgehead atoms. The zero-order chi connectivity index (χ0) is 14.0. The first-order valence-electron chi connectivity index (χ1n) is 5.77. The van der Waals surface area contributed by atoms with Gasteiger partial charge in [0.05, 0.1) is 23.8 Å². The van der Waals surface area contributed by atoms with Crippen molar-refractivity contribution < 1.29 is 17.9 Å². The van der Waals surface area contributed by atoms with Crippen LogP contribution in [0.3, 0.4) is 0 Å². The lowest BCUT2D eigenvalue weighted by Crippen LogP contribution is -2.09. The molecule has 1 atom stereocenters. The largest absolute Gasteiger partial charge is 0.490 e. The standard InChI is InChI=1S/C12H14Br2O4S/c1-19(15,16)7-10(14)8-5-11-12(6-9(8)13)18-4-2-3-17-11/h5-6,10H,2-4,7H2,1H3. The Labute approximate surface area is 129 Å². The monoisotopic (exact) mass is 412 g/mol. The van der Waals surface area contributed by atoms with E-state index in [1.54, 1.807) is 0 Å². The third-order valence-electron chi connectivity index (χ3n) is 2.65. The van der Waals surface area contributed by atoms with Crippen LogP contribution in [-0.4, -0.2) is 33.6 Å². The predicted molar refractivity (Wildman–Crippen MR) is 81.1 cm³/mol. The summed E-state index contributed by atoms with van der Waals surface area (Å²) in [4.78, 5) is -0.283. The zero-order valence-corrected chi connectivity index (χ0v) is 14.3. The van der Waals surface area contributed by atoms with Gasteiger partial charge in [-0.3, -0.25) is 0 Å². The number of benzene rings is 1. The average Bonchev–Trinajstić information content (AvgIpc) is 2.50. The van der Waals surface area contributed by atoms with Gasteiger partial charge in [-0.15, -0.1) is 0 Å². The Morgan fingerprint density at radius 2 is 1.84 bits per heavy atom. The number of halogens is 2. The second kappa shape index (κ2) is 6.01. The van der Waals surface area contributed by atoms with Gasteiger partial charge in [-0.1, -0.05) is 31.9 Å². The van der Waals surface area contributed by atoms with Crippen molar-refractivity contribution in [1.29, 1.82) is 0 Å². The molecular formula is C12H14Br2O4S. The van der Waals surface area contributed by atoms with E-state index >= 15 is 0 Å². The van der Waals surface area contributed by atoms with Crippen molar-refractivity contribution in [3.8, 4) is 11.5 Å². The predicted octanol–water partition coefficient (Wildman–Crippen LogP) is 3.09. The maximum atomic E-state index is 11.4. The molecular weight excluding hydrogens is 400 g/mol. The summed E-state index contributed by atoms with van der Waals surface area (Å²) in [6.45, 7) is 1.23. The first-order valence-corrected chi connectivity index (χ1v) is 9.54. The highest BCUT2D eigenvalue weighted by atomic mass is 79.9. The van der Waals surface area contributed by atoms with Gasteiger partial charge in [-0.05, 0) is 17.7 Å². The number of ether oxygens (including phenoxy) is 2. The molecule has 4 nitrogen and oxygen atoms in total. The number of hydrogen-bond donors (Lipinski definition) is 0. The van der Waals surface area contributed by atoms with Crippen LogP contribution in [-0.2, 0) is 9.84 Å². The van der Waals surface area contributed by atoms with Gasteiger partial charge in [0.15, 0.2) is 11.5 Å². The molecule has 0 aliphatic carbocycles. The molecule has 0 N–H and O–H groups in total. The summed E-state index contributed by atoms with van der Waals surface area (Å²) in [6, 6.07) is 3.65. The van der Waals surface area contributed by atoms with Crippen LogP contribution in [0.2, 0.25) is 0 Å². The van der Waals surface area contributed by atoms with E-state index in [1.165, 1.54) is 6.26 Å². The lowest BCUT2D eigenvalue weighted by Gasteiger charge is -2.15. The maximum Gasteiger partial charge on any atom is 0.162 e. The quantitative estimate of drug-likeness (QED) is 0.714. The van der Waals surface area contributed by atoms with E-state index in [9.17, 15) is 8.42 Å². The van der Waals surface area contributed by atoms with Crippen molar-refractivity contribution in [2.75, 3.05) is 25.2 Å². The molecule has 106 valence electrons. The summed E-state index contributed by atoms with van der Waals surface area (Å²) in [5.74, 6) is 1.38. The second-order valence-electron chi connectivity index (χ2n) is 4.43. The van der Waals surface area contributed by atoms with E-state index in [-0.39, 0.29) is 10.6 Å². The first kappa shape index (κ1) is 15.1. The Kier molecular flexibility index (Phi) is 4.79. The third-order valence-corrected chi connectivity index (χ3v) is 5.52. The zero-order valence-electron chi connectivity index (χ0n) is 10.4. The number of fused-ring (bicyclic) bond motifs is 1. The summed E-state index contributed by atoms with van der Waals surface area (Å²) >= 11 is 6.86. The van der Waals surface area contributed by atoms with Crippen LogP contribution in [0.1, 0.15) is 16.8 Å². The van der Waals surface area contributed by atoms with Crippen molar-refractivity contribution in [2.24, 2.45) is 0 Å². The molecule has 1 aromatic carbocycles. The van der Waals surface area contributed by atoms with Crippen molar-refractivity contribution >= 4 is 41.7 Å². The van der Waals surface area contributed by atoms with Crippen molar-refractivity contribution in [3.05, 3.63) is 22.2 Å². The lowest BCUT2D eigenvalue weighted by molar-refractivity contribution is 0.297. The molecule has 0 aromatic heterocycles. The highest BCUT2D eigenvalue weighted by molar-refractivity contribution is 9.11. The molecule has 19 heavy (non-hydrogen) atoms.